The second-order valence-electron chi connectivity index (χ2n) is 3.92. The van der Waals surface area contributed by atoms with Crippen molar-refractivity contribution in [3.05, 3.63) is 34.9 Å². The molecule has 1 atom stereocenters. The van der Waals surface area contributed by atoms with Gasteiger partial charge in [0, 0.05) is 13.1 Å². The van der Waals surface area contributed by atoms with Crippen molar-refractivity contribution in [1.82, 2.24) is 5.32 Å². The molecule has 0 bridgehead atoms. The largest absolute Gasteiger partial charge is 0.371 e. The number of nitrogens with one attached hydrogen (secondary N) is 1. The summed E-state index contributed by atoms with van der Waals surface area (Å²) in [4.78, 5) is 0. The van der Waals surface area contributed by atoms with Gasteiger partial charge in [0.2, 0.25) is 0 Å². The molecule has 1 aliphatic rings. The molecule has 2 rings (SSSR count). The number of benzene rings is 1. The Hall–Kier alpha value is -0.860. The molecule has 1 heterocycles. The summed E-state index contributed by atoms with van der Waals surface area (Å²) in [5, 5.41) is 3.35. The third-order valence-electron chi connectivity index (χ3n) is 2.70. The monoisotopic (exact) mass is 191 g/mol. The van der Waals surface area contributed by atoms with E-state index in [0.29, 0.717) is 0 Å². The lowest BCUT2D eigenvalue weighted by Crippen LogP contribution is -2.33. The van der Waals surface area contributed by atoms with Crippen LogP contribution in [0.4, 0.5) is 0 Å². The minimum absolute atomic E-state index is 0.240. The third-order valence-corrected chi connectivity index (χ3v) is 2.70. The number of hydrogen-bond acceptors (Lipinski definition) is 2. The maximum absolute atomic E-state index is 5.72. The minimum atomic E-state index is 0.240. The third kappa shape index (κ3) is 1.97. The number of aryl methyl sites for hydroxylation is 2. The van der Waals surface area contributed by atoms with Gasteiger partial charge in [0.15, 0.2) is 0 Å². The van der Waals surface area contributed by atoms with E-state index in [0.717, 1.165) is 19.7 Å². The molecule has 1 saturated heterocycles. The molecule has 0 aliphatic carbocycles. The summed E-state index contributed by atoms with van der Waals surface area (Å²) in [6.07, 6.45) is 0.240. The van der Waals surface area contributed by atoms with Crippen molar-refractivity contribution in [2.75, 3.05) is 19.7 Å². The van der Waals surface area contributed by atoms with Gasteiger partial charge in [-0.05, 0) is 25.0 Å². The number of rotatable bonds is 1. The van der Waals surface area contributed by atoms with Crippen molar-refractivity contribution in [3.63, 3.8) is 0 Å². The van der Waals surface area contributed by atoms with E-state index < -0.39 is 0 Å². The van der Waals surface area contributed by atoms with Crippen molar-refractivity contribution in [1.29, 1.82) is 0 Å². The van der Waals surface area contributed by atoms with E-state index in [1.165, 1.54) is 16.7 Å². The van der Waals surface area contributed by atoms with Gasteiger partial charge in [0.05, 0.1) is 12.7 Å². The molecule has 76 valence electrons. The molecule has 1 aromatic rings. The number of ether oxygens (including phenoxy) is 1. The number of morpholine rings is 1. The Morgan fingerprint density at radius 1 is 1.36 bits per heavy atom. The van der Waals surface area contributed by atoms with E-state index in [4.69, 9.17) is 4.74 Å². The Bertz CT molecular complexity index is 316. The van der Waals surface area contributed by atoms with Crippen molar-refractivity contribution >= 4 is 0 Å². The van der Waals surface area contributed by atoms with Crippen molar-refractivity contribution in [2.45, 2.75) is 20.0 Å². The van der Waals surface area contributed by atoms with E-state index in [1.807, 2.05) is 0 Å². The molecule has 0 saturated carbocycles. The lowest BCUT2D eigenvalue weighted by Gasteiger charge is -2.25. The van der Waals surface area contributed by atoms with Crippen LogP contribution in [-0.2, 0) is 4.74 Å². The van der Waals surface area contributed by atoms with Gasteiger partial charge < -0.3 is 10.1 Å². The summed E-state index contributed by atoms with van der Waals surface area (Å²) in [6, 6.07) is 6.55. The van der Waals surface area contributed by atoms with E-state index >= 15 is 0 Å². The van der Waals surface area contributed by atoms with Crippen LogP contribution in [0.2, 0.25) is 0 Å². The molecule has 0 aromatic heterocycles. The first-order valence-corrected chi connectivity index (χ1v) is 5.17. The normalized spacial score (nSPS) is 22.3. The fourth-order valence-electron chi connectivity index (χ4n) is 1.95. The molecule has 2 nitrogen and oxygen atoms in total. The van der Waals surface area contributed by atoms with E-state index in [9.17, 15) is 0 Å². The molecule has 1 aliphatic heterocycles. The first-order chi connectivity index (χ1) is 6.77. The topological polar surface area (TPSA) is 21.3 Å². The maximum Gasteiger partial charge on any atom is 0.0952 e. The summed E-state index contributed by atoms with van der Waals surface area (Å²) >= 11 is 0. The van der Waals surface area contributed by atoms with Gasteiger partial charge in [-0.25, -0.2) is 0 Å². The van der Waals surface area contributed by atoms with Gasteiger partial charge in [-0.1, -0.05) is 23.8 Å². The zero-order chi connectivity index (χ0) is 9.97. The van der Waals surface area contributed by atoms with Crippen molar-refractivity contribution in [3.8, 4) is 0 Å². The molecule has 1 fully saturated rings. The highest BCUT2D eigenvalue weighted by molar-refractivity contribution is 5.32. The predicted octanol–water partition coefficient (Wildman–Crippen LogP) is 1.96. The van der Waals surface area contributed by atoms with E-state index in [1.54, 1.807) is 0 Å². The smallest absolute Gasteiger partial charge is 0.0952 e. The molecule has 0 spiro atoms. The molecule has 1 unspecified atom stereocenters. The Morgan fingerprint density at radius 2 is 2.21 bits per heavy atom. The van der Waals surface area contributed by atoms with Crippen LogP contribution in [0.5, 0.6) is 0 Å². The Labute approximate surface area is 85.3 Å². The predicted molar refractivity (Wildman–Crippen MR) is 57.5 cm³/mol. The highest BCUT2D eigenvalue weighted by atomic mass is 16.5. The zero-order valence-electron chi connectivity index (χ0n) is 8.84. The zero-order valence-corrected chi connectivity index (χ0v) is 8.84. The first-order valence-electron chi connectivity index (χ1n) is 5.17. The summed E-state index contributed by atoms with van der Waals surface area (Å²) in [7, 11) is 0. The highest BCUT2D eigenvalue weighted by Crippen LogP contribution is 2.22. The van der Waals surface area contributed by atoms with Gasteiger partial charge in [0.1, 0.15) is 0 Å². The molecule has 0 amide bonds. The Morgan fingerprint density at radius 3 is 2.86 bits per heavy atom. The van der Waals surface area contributed by atoms with Crippen LogP contribution in [0.3, 0.4) is 0 Å². The molecule has 14 heavy (non-hydrogen) atoms. The van der Waals surface area contributed by atoms with Crippen LogP contribution in [0.25, 0.3) is 0 Å². The highest BCUT2D eigenvalue weighted by Gasteiger charge is 2.16. The number of hydrogen-bond donors (Lipinski definition) is 1. The van der Waals surface area contributed by atoms with E-state index in [-0.39, 0.29) is 6.10 Å². The quantitative estimate of drug-likeness (QED) is 0.732. The SMILES string of the molecule is Cc1ccc(C2CNCCO2)c(C)c1. The van der Waals surface area contributed by atoms with Crippen molar-refractivity contribution < 1.29 is 4.74 Å². The summed E-state index contributed by atoms with van der Waals surface area (Å²) in [5.41, 5.74) is 3.97. The Kier molecular flexibility index (Phi) is 2.85. The second-order valence-corrected chi connectivity index (χ2v) is 3.92. The van der Waals surface area contributed by atoms with Gasteiger partial charge in [-0.3, -0.25) is 0 Å². The first kappa shape index (κ1) is 9.69. The molecular weight excluding hydrogens is 174 g/mol. The van der Waals surface area contributed by atoms with Gasteiger partial charge in [-0.2, -0.15) is 0 Å². The minimum Gasteiger partial charge on any atom is -0.371 e. The van der Waals surface area contributed by atoms with Crippen molar-refractivity contribution in [2.24, 2.45) is 0 Å². The van der Waals surface area contributed by atoms with Gasteiger partial charge in [-0.15, -0.1) is 0 Å². The van der Waals surface area contributed by atoms with Gasteiger partial charge >= 0.3 is 0 Å². The molecule has 2 heteroatoms. The van der Waals surface area contributed by atoms with Crippen LogP contribution in [0, 0.1) is 13.8 Å². The molecule has 1 N–H and O–H groups in total. The fourth-order valence-corrected chi connectivity index (χ4v) is 1.95. The van der Waals surface area contributed by atoms with E-state index in [2.05, 4.69) is 37.4 Å². The average molecular weight is 191 g/mol. The second kappa shape index (κ2) is 4.11. The molecular formula is C12H17NO. The van der Waals surface area contributed by atoms with Gasteiger partial charge in [0.25, 0.3) is 0 Å². The average Bonchev–Trinajstić information content (AvgIpc) is 2.19. The van der Waals surface area contributed by atoms with Crippen LogP contribution < -0.4 is 5.32 Å². The van der Waals surface area contributed by atoms with Crippen LogP contribution in [0.1, 0.15) is 22.8 Å². The molecule has 1 aromatic carbocycles. The summed E-state index contributed by atoms with van der Waals surface area (Å²) in [5.74, 6) is 0. The summed E-state index contributed by atoms with van der Waals surface area (Å²) < 4.78 is 5.72. The van der Waals surface area contributed by atoms with Crippen LogP contribution >= 0.6 is 0 Å². The van der Waals surface area contributed by atoms with Crippen LogP contribution in [0.15, 0.2) is 18.2 Å². The van der Waals surface area contributed by atoms with Crippen LogP contribution in [-0.4, -0.2) is 19.7 Å². The Balaban J connectivity index is 2.22. The lowest BCUT2D eigenvalue weighted by molar-refractivity contribution is 0.0273. The lowest BCUT2D eigenvalue weighted by atomic mass is 10.0. The standard InChI is InChI=1S/C12H17NO/c1-9-3-4-11(10(2)7-9)12-8-13-5-6-14-12/h3-4,7,12-13H,5-6,8H2,1-2H3. The molecule has 0 radical (unpaired) electrons. The fraction of sp³-hybridized carbons (Fsp3) is 0.500. The summed E-state index contributed by atoms with van der Waals surface area (Å²) in [6.45, 7) is 7.00. The maximum atomic E-state index is 5.72.